The van der Waals surface area contributed by atoms with Gasteiger partial charge in [0, 0.05) is 44.9 Å². The summed E-state index contributed by atoms with van der Waals surface area (Å²) in [6.45, 7) is 0.844. The molecule has 2 amide bonds. The van der Waals surface area contributed by atoms with Crippen molar-refractivity contribution in [3.63, 3.8) is 0 Å². The van der Waals surface area contributed by atoms with Crippen LogP contribution in [0.1, 0.15) is 22.3 Å². The number of benzene rings is 1. The minimum atomic E-state index is -4.45. The molecule has 0 radical (unpaired) electrons. The molecule has 0 aliphatic carbocycles. The Balaban J connectivity index is 1.56. The Morgan fingerprint density at radius 2 is 2.03 bits per heavy atom. The molecule has 0 bridgehead atoms. The van der Waals surface area contributed by atoms with Crippen molar-refractivity contribution < 1.29 is 27.5 Å². The Morgan fingerprint density at radius 1 is 1.27 bits per heavy atom. The number of pyridine rings is 1. The van der Waals surface area contributed by atoms with Gasteiger partial charge in [-0.05, 0) is 36.4 Å². The largest absolute Gasteiger partial charge is 0.438 e. The maximum absolute atomic E-state index is 12.8. The van der Waals surface area contributed by atoms with Gasteiger partial charge in [0.15, 0.2) is 0 Å². The summed E-state index contributed by atoms with van der Waals surface area (Å²) < 4.78 is 45.7. The van der Waals surface area contributed by atoms with E-state index in [-0.39, 0.29) is 34.9 Å². The molecule has 1 aromatic carbocycles. The predicted octanol–water partition coefficient (Wildman–Crippen LogP) is 3.16. The van der Waals surface area contributed by atoms with Crippen LogP contribution < -0.4 is 15.4 Å². The zero-order chi connectivity index (χ0) is 23.6. The molecule has 11 heteroatoms. The highest BCUT2D eigenvalue weighted by Gasteiger charge is 2.30. The van der Waals surface area contributed by atoms with E-state index in [1.54, 1.807) is 30.1 Å². The third-order valence-corrected chi connectivity index (χ3v) is 5.11. The molecule has 4 rings (SSSR count). The molecule has 0 spiro atoms. The second-order valence-electron chi connectivity index (χ2n) is 7.66. The van der Waals surface area contributed by atoms with Gasteiger partial charge in [-0.3, -0.25) is 14.3 Å². The molecule has 0 saturated carbocycles. The summed E-state index contributed by atoms with van der Waals surface area (Å²) in [5.74, 6) is -0.149. The molecule has 1 aliphatic rings. The van der Waals surface area contributed by atoms with Crippen molar-refractivity contribution in [1.82, 2.24) is 25.4 Å². The molecule has 2 N–H and O–H groups in total. The normalized spacial score (nSPS) is 15.9. The average Bonchev–Trinajstić information content (AvgIpc) is 3.40. The lowest BCUT2D eigenvalue weighted by atomic mass is 10.1. The highest BCUT2D eigenvalue weighted by atomic mass is 19.4. The maximum Gasteiger partial charge on any atom is 0.416 e. The standard InChI is InChI=1S/C22H20F3N5O3/c1-30-7-6-18(29-30)17-9-14(20(32)27-11-13-8-19(31)26-10-13)12-28-21(17)33-16-4-2-15(3-5-16)22(23,24)25/h2-7,9,12-13H,8,10-11H2,1H3,(H,26,31)(H,27,32)/t13-/m1/s1. The minimum Gasteiger partial charge on any atom is -0.438 e. The van der Waals surface area contributed by atoms with Crippen molar-refractivity contribution in [2.75, 3.05) is 13.1 Å². The third-order valence-electron chi connectivity index (χ3n) is 5.11. The number of alkyl halides is 3. The lowest BCUT2D eigenvalue weighted by molar-refractivity contribution is -0.137. The molecular formula is C22H20F3N5O3. The highest BCUT2D eigenvalue weighted by Crippen LogP contribution is 2.34. The molecule has 8 nitrogen and oxygen atoms in total. The topological polar surface area (TPSA) is 98.1 Å². The number of nitrogens with one attached hydrogen (secondary N) is 2. The van der Waals surface area contributed by atoms with E-state index in [9.17, 15) is 22.8 Å². The first-order valence-electron chi connectivity index (χ1n) is 10.1. The van der Waals surface area contributed by atoms with Gasteiger partial charge < -0.3 is 15.4 Å². The van der Waals surface area contributed by atoms with E-state index in [1.165, 1.54) is 18.3 Å². The van der Waals surface area contributed by atoms with Crippen molar-refractivity contribution in [1.29, 1.82) is 0 Å². The van der Waals surface area contributed by atoms with Crippen LogP contribution in [0, 0.1) is 5.92 Å². The van der Waals surface area contributed by atoms with E-state index in [0.29, 0.717) is 30.8 Å². The summed E-state index contributed by atoms with van der Waals surface area (Å²) in [6.07, 6.45) is -1.07. The zero-order valence-electron chi connectivity index (χ0n) is 17.5. The maximum atomic E-state index is 12.8. The van der Waals surface area contributed by atoms with Crippen molar-refractivity contribution in [2.24, 2.45) is 13.0 Å². The number of nitrogens with zero attached hydrogens (tertiary/aromatic N) is 3. The summed E-state index contributed by atoms with van der Waals surface area (Å²) in [4.78, 5) is 28.2. The summed E-state index contributed by atoms with van der Waals surface area (Å²) >= 11 is 0. The molecule has 0 unspecified atom stereocenters. The first kappa shape index (κ1) is 22.3. The number of ether oxygens (including phenoxy) is 1. The Labute approximate surface area is 186 Å². The van der Waals surface area contributed by atoms with E-state index in [1.807, 2.05) is 0 Å². The number of aryl methyl sites for hydroxylation is 1. The summed E-state index contributed by atoms with van der Waals surface area (Å²) in [6, 6.07) is 7.49. The van der Waals surface area contributed by atoms with Gasteiger partial charge >= 0.3 is 6.18 Å². The number of amides is 2. The zero-order valence-corrected chi connectivity index (χ0v) is 17.5. The van der Waals surface area contributed by atoms with Crippen LogP contribution in [0.2, 0.25) is 0 Å². The van der Waals surface area contributed by atoms with Gasteiger partial charge in [0.1, 0.15) is 5.75 Å². The Morgan fingerprint density at radius 3 is 2.64 bits per heavy atom. The second kappa shape index (κ2) is 8.93. The lowest BCUT2D eigenvalue weighted by Gasteiger charge is -2.13. The van der Waals surface area contributed by atoms with Gasteiger partial charge in [0.2, 0.25) is 11.8 Å². The Kier molecular flexibility index (Phi) is 6.03. The fourth-order valence-corrected chi connectivity index (χ4v) is 3.37. The molecule has 3 aromatic rings. The fourth-order valence-electron chi connectivity index (χ4n) is 3.37. The SMILES string of the molecule is Cn1ccc(-c2cc(C(=O)NC[C@H]3CNC(=O)C3)cnc2Oc2ccc(C(F)(F)F)cc2)n1. The van der Waals surface area contributed by atoms with Crippen molar-refractivity contribution in [3.8, 4) is 22.9 Å². The van der Waals surface area contributed by atoms with Crippen LogP contribution in [0.15, 0.2) is 48.8 Å². The van der Waals surface area contributed by atoms with E-state index in [2.05, 4.69) is 20.7 Å². The van der Waals surface area contributed by atoms with Crippen LogP contribution in [0.25, 0.3) is 11.3 Å². The molecular weight excluding hydrogens is 439 g/mol. The van der Waals surface area contributed by atoms with Gasteiger partial charge in [0.05, 0.1) is 22.4 Å². The number of aromatic nitrogens is 3. The summed E-state index contributed by atoms with van der Waals surface area (Å²) in [5.41, 5.74) is 0.347. The van der Waals surface area contributed by atoms with E-state index in [0.717, 1.165) is 12.1 Å². The smallest absolute Gasteiger partial charge is 0.416 e. The molecule has 1 atom stereocenters. The molecule has 1 aliphatic heterocycles. The van der Waals surface area contributed by atoms with Crippen LogP contribution >= 0.6 is 0 Å². The van der Waals surface area contributed by atoms with Crippen LogP contribution in [0.4, 0.5) is 13.2 Å². The first-order valence-corrected chi connectivity index (χ1v) is 10.1. The highest BCUT2D eigenvalue weighted by molar-refractivity contribution is 5.95. The number of carbonyl (C=O) groups is 2. The quantitative estimate of drug-likeness (QED) is 0.590. The Bertz CT molecular complexity index is 1170. The van der Waals surface area contributed by atoms with Crippen LogP contribution in [0.5, 0.6) is 11.6 Å². The minimum absolute atomic E-state index is 0.0203. The van der Waals surface area contributed by atoms with Crippen LogP contribution in [-0.4, -0.2) is 39.7 Å². The number of carbonyl (C=O) groups excluding carboxylic acids is 2. The molecule has 2 aromatic heterocycles. The van der Waals surface area contributed by atoms with Crippen LogP contribution in [-0.2, 0) is 18.0 Å². The monoisotopic (exact) mass is 459 g/mol. The van der Waals surface area contributed by atoms with Gasteiger partial charge in [-0.1, -0.05) is 0 Å². The van der Waals surface area contributed by atoms with E-state index >= 15 is 0 Å². The average molecular weight is 459 g/mol. The van der Waals surface area contributed by atoms with Crippen molar-refractivity contribution in [3.05, 3.63) is 59.9 Å². The summed E-state index contributed by atoms with van der Waals surface area (Å²) in [7, 11) is 1.72. The Hall–Kier alpha value is -3.89. The third kappa shape index (κ3) is 5.30. The molecule has 33 heavy (non-hydrogen) atoms. The number of hydrogen-bond acceptors (Lipinski definition) is 5. The number of halogens is 3. The van der Waals surface area contributed by atoms with Crippen molar-refractivity contribution in [2.45, 2.75) is 12.6 Å². The molecule has 3 heterocycles. The predicted molar refractivity (Wildman–Crippen MR) is 111 cm³/mol. The fraction of sp³-hybridized carbons (Fsp3) is 0.273. The van der Waals surface area contributed by atoms with Crippen molar-refractivity contribution >= 4 is 11.8 Å². The lowest BCUT2D eigenvalue weighted by Crippen LogP contribution is -2.30. The van der Waals surface area contributed by atoms with Crippen LogP contribution in [0.3, 0.4) is 0 Å². The van der Waals surface area contributed by atoms with Gasteiger partial charge in [0.25, 0.3) is 5.91 Å². The number of rotatable bonds is 6. The number of hydrogen-bond donors (Lipinski definition) is 2. The van der Waals surface area contributed by atoms with E-state index in [4.69, 9.17) is 4.74 Å². The first-order chi connectivity index (χ1) is 15.7. The van der Waals surface area contributed by atoms with E-state index < -0.39 is 11.7 Å². The summed E-state index contributed by atoms with van der Waals surface area (Å²) in [5, 5.41) is 9.82. The second-order valence-corrected chi connectivity index (χ2v) is 7.66. The van der Waals surface area contributed by atoms with Gasteiger partial charge in [-0.15, -0.1) is 0 Å². The van der Waals surface area contributed by atoms with Gasteiger partial charge in [-0.25, -0.2) is 4.98 Å². The molecule has 172 valence electrons. The molecule has 1 saturated heterocycles. The molecule has 1 fully saturated rings. The van der Waals surface area contributed by atoms with Gasteiger partial charge in [-0.2, -0.15) is 18.3 Å².